The van der Waals surface area contributed by atoms with Crippen molar-refractivity contribution in [2.24, 2.45) is 0 Å². The van der Waals surface area contributed by atoms with Gasteiger partial charge in [-0.05, 0) is 55.5 Å². The highest BCUT2D eigenvalue weighted by Gasteiger charge is 2.43. The first-order valence-electron chi connectivity index (χ1n) is 10.4. The van der Waals surface area contributed by atoms with Gasteiger partial charge >= 0.3 is 0 Å². The third-order valence-electron chi connectivity index (χ3n) is 4.89. The largest absolute Gasteiger partial charge is 0.494 e. The summed E-state index contributed by atoms with van der Waals surface area (Å²) in [5.74, 6) is -0.0704. The standard InChI is InChI=1S/C23H26N4O4S/c1-3-31-19-11-9-18(10-12-19)27-22(30)20(26(23(27)32)14-13-24-16(2)28)15-21(29)25-17-7-5-4-6-8-17/h4-12,20H,3,13-15H2,1-2H3,(H,24,28)(H,25,29). The topological polar surface area (TPSA) is 91.0 Å². The summed E-state index contributed by atoms with van der Waals surface area (Å²) in [5, 5.41) is 5.81. The van der Waals surface area contributed by atoms with E-state index in [0.717, 1.165) is 0 Å². The second kappa shape index (κ2) is 10.7. The monoisotopic (exact) mass is 454 g/mol. The molecule has 0 saturated carbocycles. The number of para-hydroxylation sites is 1. The molecule has 8 nitrogen and oxygen atoms in total. The number of hydrogen-bond acceptors (Lipinski definition) is 5. The van der Waals surface area contributed by atoms with Crippen molar-refractivity contribution in [3.05, 3.63) is 54.6 Å². The number of amides is 3. The SMILES string of the molecule is CCOc1ccc(N2C(=O)C(CC(=O)Nc3ccccc3)N(CCNC(C)=O)C2=S)cc1. The summed E-state index contributed by atoms with van der Waals surface area (Å²) < 4.78 is 5.46. The zero-order valence-electron chi connectivity index (χ0n) is 18.0. The van der Waals surface area contributed by atoms with E-state index in [2.05, 4.69) is 10.6 Å². The van der Waals surface area contributed by atoms with E-state index in [4.69, 9.17) is 17.0 Å². The highest BCUT2D eigenvalue weighted by atomic mass is 32.1. The molecule has 3 amide bonds. The van der Waals surface area contributed by atoms with Gasteiger partial charge in [-0.1, -0.05) is 18.2 Å². The molecule has 3 rings (SSSR count). The van der Waals surface area contributed by atoms with Gasteiger partial charge in [0.25, 0.3) is 5.91 Å². The van der Waals surface area contributed by atoms with Gasteiger partial charge in [-0.15, -0.1) is 0 Å². The van der Waals surface area contributed by atoms with Crippen LogP contribution in [-0.4, -0.2) is 53.5 Å². The van der Waals surface area contributed by atoms with Crippen LogP contribution in [0.1, 0.15) is 20.3 Å². The second-order valence-electron chi connectivity index (χ2n) is 7.19. The number of nitrogens with one attached hydrogen (secondary N) is 2. The average Bonchev–Trinajstić information content (AvgIpc) is 2.99. The minimum absolute atomic E-state index is 0.0680. The Labute approximate surface area is 192 Å². The number of carbonyl (C=O) groups excluding carboxylic acids is 3. The van der Waals surface area contributed by atoms with Crippen molar-refractivity contribution in [3.63, 3.8) is 0 Å². The molecule has 168 valence electrons. The molecule has 1 heterocycles. The molecule has 1 fully saturated rings. The molecule has 1 saturated heterocycles. The predicted molar refractivity (Wildman–Crippen MR) is 127 cm³/mol. The maximum absolute atomic E-state index is 13.3. The van der Waals surface area contributed by atoms with E-state index in [0.29, 0.717) is 41.9 Å². The fourth-order valence-corrected chi connectivity index (χ4v) is 3.86. The molecule has 0 aliphatic carbocycles. The van der Waals surface area contributed by atoms with Crippen LogP contribution in [0.2, 0.25) is 0 Å². The number of rotatable bonds is 9. The van der Waals surface area contributed by atoms with Gasteiger partial charge in [0.05, 0.1) is 18.7 Å². The van der Waals surface area contributed by atoms with Crippen molar-refractivity contribution in [2.45, 2.75) is 26.3 Å². The summed E-state index contributed by atoms with van der Waals surface area (Å²) in [4.78, 5) is 40.4. The number of hydrogen-bond donors (Lipinski definition) is 2. The molecule has 0 aromatic heterocycles. The third kappa shape index (κ3) is 5.61. The lowest BCUT2D eigenvalue weighted by molar-refractivity contribution is -0.124. The van der Waals surface area contributed by atoms with Crippen LogP contribution in [0.15, 0.2) is 54.6 Å². The van der Waals surface area contributed by atoms with Crippen molar-refractivity contribution in [1.29, 1.82) is 0 Å². The Kier molecular flexibility index (Phi) is 7.77. The fraction of sp³-hybridized carbons (Fsp3) is 0.304. The van der Waals surface area contributed by atoms with Gasteiger partial charge in [0.1, 0.15) is 11.8 Å². The second-order valence-corrected chi connectivity index (χ2v) is 7.56. The van der Waals surface area contributed by atoms with E-state index in [9.17, 15) is 14.4 Å². The minimum Gasteiger partial charge on any atom is -0.494 e. The van der Waals surface area contributed by atoms with Crippen LogP contribution in [0.3, 0.4) is 0 Å². The number of ether oxygens (including phenoxy) is 1. The smallest absolute Gasteiger partial charge is 0.256 e. The number of benzene rings is 2. The van der Waals surface area contributed by atoms with E-state index in [1.807, 2.05) is 25.1 Å². The Hall–Kier alpha value is -3.46. The third-order valence-corrected chi connectivity index (χ3v) is 5.30. The Morgan fingerprint density at radius 1 is 1.09 bits per heavy atom. The van der Waals surface area contributed by atoms with E-state index in [-0.39, 0.29) is 24.1 Å². The molecular weight excluding hydrogens is 428 g/mol. The van der Waals surface area contributed by atoms with Crippen LogP contribution in [0.5, 0.6) is 5.75 Å². The van der Waals surface area contributed by atoms with Crippen molar-refractivity contribution in [3.8, 4) is 5.75 Å². The van der Waals surface area contributed by atoms with Gasteiger partial charge in [-0.2, -0.15) is 0 Å². The van der Waals surface area contributed by atoms with Crippen LogP contribution in [0.25, 0.3) is 0 Å². The molecular formula is C23H26N4O4S. The van der Waals surface area contributed by atoms with Crippen LogP contribution >= 0.6 is 12.2 Å². The molecule has 2 aromatic carbocycles. The molecule has 2 N–H and O–H groups in total. The van der Waals surface area contributed by atoms with Crippen molar-refractivity contribution < 1.29 is 19.1 Å². The maximum atomic E-state index is 13.3. The fourth-order valence-electron chi connectivity index (χ4n) is 3.44. The van der Waals surface area contributed by atoms with Gasteiger partial charge in [-0.3, -0.25) is 19.3 Å². The Morgan fingerprint density at radius 2 is 1.78 bits per heavy atom. The molecule has 0 bridgehead atoms. The number of thiocarbonyl (C=S) groups is 1. The van der Waals surface area contributed by atoms with Gasteiger partial charge in [0.2, 0.25) is 11.8 Å². The lowest BCUT2D eigenvalue weighted by Crippen LogP contribution is -2.42. The summed E-state index contributed by atoms with van der Waals surface area (Å²) in [6.45, 7) is 4.46. The molecule has 1 unspecified atom stereocenters. The lowest BCUT2D eigenvalue weighted by atomic mass is 10.1. The summed E-state index contributed by atoms with van der Waals surface area (Å²) in [6.07, 6.45) is -0.0680. The van der Waals surface area contributed by atoms with E-state index >= 15 is 0 Å². The Balaban J connectivity index is 1.79. The Morgan fingerprint density at radius 3 is 2.41 bits per heavy atom. The van der Waals surface area contributed by atoms with Gasteiger partial charge < -0.3 is 20.3 Å². The van der Waals surface area contributed by atoms with Gasteiger partial charge in [-0.25, -0.2) is 0 Å². The van der Waals surface area contributed by atoms with Crippen molar-refractivity contribution in [1.82, 2.24) is 10.2 Å². The number of anilines is 2. The lowest BCUT2D eigenvalue weighted by Gasteiger charge is -2.24. The van der Waals surface area contributed by atoms with Crippen LogP contribution < -0.4 is 20.3 Å². The molecule has 1 aliphatic rings. The molecule has 2 aromatic rings. The van der Waals surface area contributed by atoms with Crippen molar-refractivity contribution in [2.75, 3.05) is 29.9 Å². The summed E-state index contributed by atoms with van der Waals surface area (Å²) >= 11 is 5.60. The quantitative estimate of drug-likeness (QED) is 0.566. The molecule has 1 atom stereocenters. The Bertz CT molecular complexity index is 981. The van der Waals surface area contributed by atoms with Crippen LogP contribution in [0.4, 0.5) is 11.4 Å². The summed E-state index contributed by atoms with van der Waals surface area (Å²) in [6, 6.07) is 15.3. The first-order valence-corrected chi connectivity index (χ1v) is 10.8. The predicted octanol–water partition coefficient (Wildman–Crippen LogP) is 2.55. The van der Waals surface area contributed by atoms with Gasteiger partial charge in [0.15, 0.2) is 5.11 Å². The van der Waals surface area contributed by atoms with Gasteiger partial charge in [0, 0.05) is 25.7 Å². The van der Waals surface area contributed by atoms with Crippen LogP contribution in [-0.2, 0) is 14.4 Å². The summed E-state index contributed by atoms with van der Waals surface area (Å²) in [5.41, 5.74) is 1.25. The first-order chi connectivity index (χ1) is 15.4. The number of nitrogens with zero attached hydrogens (tertiary/aromatic N) is 2. The molecule has 32 heavy (non-hydrogen) atoms. The molecule has 0 radical (unpaired) electrons. The molecule has 1 aliphatic heterocycles. The average molecular weight is 455 g/mol. The first kappa shape index (κ1) is 23.2. The maximum Gasteiger partial charge on any atom is 0.256 e. The number of carbonyl (C=O) groups is 3. The van der Waals surface area contributed by atoms with Crippen molar-refractivity contribution >= 4 is 46.4 Å². The summed E-state index contributed by atoms with van der Waals surface area (Å²) in [7, 11) is 0. The zero-order valence-corrected chi connectivity index (χ0v) is 18.9. The zero-order chi connectivity index (χ0) is 23.1. The van der Waals surface area contributed by atoms with Crippen LogP contribution in [0, 0.1) is 0 Å². The molecule has 0 spiro atoms. The van der Waals surface area contributed by atoms with E-state index in [1.165, 1.54) is 11.8 Å². The van der Waals surface area contributed by atoms with E-state index in [1.54, 1.807) is 41.3 Å². The highest BCUT2D eigenvalue weighted by molar-refractivity contribution is 7.80. The molecule has 9 heteroatoms. The van der Waals surface area contributed by atoms with E-state index < -0.39 is 6.04 Å². The highest BCUT2D eigenvalue weighted by Crippen LogP contribution is 2.28. The normalized spacial score (nSPS) is 15.6. The minimum atomic E-state index is -0.772.